The average Bonchev–Trinajstić information content (AvgIpc) is 2.83. The molecule has 6 heteroatoms. The summed E-state index contributed by atoms with van der Waals surface area (Å²) >= 11 is 0. The van der Waals surface area contributed by atoms with Crippen molar-refractivity contribution >= 4 is 17.6 Å². The second-order valence-corrected chi connectivity index (χ2v) is 8.91. The van der Waals surface area contributed by atoms with E-state index >= 15 is 0 Å². The number of carbonyl (C=O) groups excluding carboxylic acids is 2. The van der Waals surface area contributed by atoms with Crippen molar-refractivity contribution in [2.24, 2.45) is 0 Å². The number of urea groups is 1. The zero-order valence-electron chi connectivity index (χ0n) is 21.5. The van der Waals surface area contributed by atoms with Gasteiger partial charge in [0.05, 0.1) is 6.04 Å². The first kappa shape index (κ1) is 27.4. The number of rotatable bonds is 13. The smallest absolute Gasteiger partial charge is 0.322 e. The third-order valence-electron chi connectivity index (χ3n) is 6.39. The standard InChI is InChI=1S/C28H42N4O2/c1-6-31(7-2)20-13-15-23(4)29-27(33)19-21-32(24(5)25-16-9-8-10-17-25)28(34)30-26-18-12-11-14-22(26)3/h8-12,14,16-18,23-24H,6-7,13,15,19-21H2,1-5H3,(H,29,33)(H,30,34). The van der Waals surface area contributed by atoms with E-state index in [9.17, 15) is 9.59 Å². The predicted molar refractivity (Wildman–Crippen MR) is 141 cm³/mol. The van der Waals surface area contributed by atoms with E-state index < -0.39 is 0 Å². The fourth-order valence-electron chi connectivity index (χ4n) is 4.08. The summed E-state index contributed by atoms with van der Waals surface area (Å²) in [4.78, 5) is 30.1. The highest BCUT2D eigenvalue weighted by atomic mass is 16.2. The molecule has 0 aliphatic heterocycles. The Labute approximate surface area is 205 Å². The van der Waals surface area contributed by atoms with Crippen LogP contribution in [0.2, 0.25) is 0 Å². The average molecular weight is 467 g/mol. The number of para-hydroxylation sites is 1. The van der Waals surface area contributed by atoms with Gasteiger partial charge in [0.2, 0.25) is 5.91 Å². The van der Waals surface area contributed by atoms with E-state index in [2.05, 4.69) is 36.3 Å². The first-order chi connectivity index (χ1) is 16.3. The van der Waals surface area contributed by atoms with Gasteiger partial charge in [0.25, 0.3) is 0 Å². The minimum Gasteiger partial charge on any atom is -0.354 e. The molecule has 0 saturated carbocycles. The van der Waals surface area contributed by atoms with Gasteiger partial charge >= 0.3 is 6.03 Å². The van der Waals surface area contributed by atoms with Crippen LogP contribution in [0.4, 0.5) is 10.5 Å². The minimum atomic E-state index is -0.203. The van der Waals surface area contributed by atoms with E-state index in [1.165, 1.54) is 0 Å². The molecule has 0 heterocycles. The van der Waals surface area contributed by atoms with Crippen molar-refractivity contribution in [3.05, 3.63) is 65.7 Å². The second-order valence-electron chi connectivity index (χ2n) is 8.91. The van der Waals surface area contributed by atoms with Gasteiger partial charge in [-0.05, 0) is 70.4 Å². The largest absolute Gasteiger partial charge is 0.354 e. The summed E-state index contributed by atoms with van der Waals surface area (Å²) in [6.45, 7) is 13.9. The highest BCUT2D eigenvalue weighted by molar-refractivity contribution is 5.90. The van der Waals surface area contributed by atoms with Crippen LogP contribution in [0.5, 0.6) is 0 Å². The number of nitrogens with one attached hydrogen (secondary N) is 2. The summed E-state index contributed by atoms with van der Waals surface area (Å²) in [6.07, 6.45) is 2.26. The molecule has 34 heavy (non-hydrogen) atoms. The number of amides is 3. The molecule has 186 valence electrons. The lowest BCUT2D eigenvalue weighted by molar-refractivity contribution is -0.122. The Morgan fingerprint density at radius 2 is 1.56 bits per heavy atom. The molecule has 0 aliphatic carbocycles. The molecular formula is C28H42N4O2. The first-order valence-electron chi connectivity index (χ1n) is 12.6. The van der Waals surface area contributed by atoms with Crippen molar-refractivity contribution in [1.82, 2.24) is 15.1 Å². The summed E-state index contributed by atoms with van der Waals surface area (Å²) < 4.78 is 0. The SMILES string of the molecule is CCN(CC)CCCC(C)NC(=O)CCN(C(=O)Nc1ccccc1C)C(C)c1ccccc1. The lowest BCUT2D eigenvalue weighted by Crippen LogP contribution is -2.41. The lowest BCUT2D eigenvalue weighted by atomic mass is 10.1. The predicted octanol–water partition coefficient (Wildman–Crippen LogP) is 5.61. The Kier molecular flexibility index (Phi) is 11.6. The van der Waals surface area contributed by atoms with Gasteiger partial charge in [-0.25, -0.2) is 4.79 Å². The van der Waals surface area contributed by atoms with Gasteiger partial charge < -0.3 is 20.4 Å². The van der Waals surface area contributed by atoms with E-state index in [1.807, 2.05) is 68.4 Å². The lowest BCUT2D eigenvalue weighted by Gasteiger charge is -2.30. The van der Waals surface area contributed by atoms with Crippen molar-refractivity contribution in [1.29, 1.82) is 0 Å². The van der Waals surface area contributed by atoms with Crippen molar-refractivity contribution in [2.45, 2.75) is 66.0 Å². The highest BCUT2D eigenvalue weighted by Gasteiger charge is 2.23. The molecule has 6 nitrogen and oxygen atoms in total. The van der Waals surface area contributed by atoms with Crippen LogP contribution in [0, 0.1) is 6.92 Å². The number of hydrogen-bond acceptors (Lipinski definition) is 3. The van der Waals surface area contributed by atoms with E-state index in [1.54, 1.807) is 4.90 Å². The van der Waals surface area contributed by atoms with E-state index in [4.69, 9.17) is 0 Å². The van der Waals surface area contributed by atoms with Crippen molar-refractivity contribution in [2.75, 3.05) is 31.5 Å². The third kappa shape index (κ3) is 8.82. The van der Waals surface area contributed by atoms with Crippen molar-refractivity contribution < 1.29 is 9.59 Å². The normalized spacial score (nSPS) is 12.8. The Hall–Kier alpha value is -2.86. The van der Waals surface area contributed by atoms with Crippen molar-refractivity contribution in [3.63, 3.8) is 0 Å². The van der Waals surface area contributed by atoms with Crippen LogP contribution in [0.1, 0.15) is 64.1 Å². The molecule has 0 saturated heterocycles. The quantitative estimate of drug-likeness (QED) is 0.403. The van der Waals surface area contributed by atoms with E-state index in [0.29, 0.717) is 6.54 Å². The maximum Gasteiger partial charge on any atom is 0.322 e. The molecule has 0 radical (unpaired) electrons. The number of carbonyl (C=O) groups is 2. The monoisotopic (exact) mass is 466 g/mol. The Morgan fingerprint density at radius 3 is 2.21 bits per heavy atom. The van der Waals surface area contributed by atoms with Crippen LogP contribution in [-0.4, -0.2) is 54.0 Å². The molecule has 2 aromatic carbocycles. The molecule has 2 atom stereocenters. The van der Waals surface area contributed by atoms with Crippen LogP contribution in [0.3, 0.4) is 0 Å². The molecule has 2 aromatic rings. The molecule has 0 aliphatic rings. The van der Waals surface area contributed by atoms with Gasteiger partial charge in [-0.2, -0.15) is 0 Å². The minimum absolute atomic E-state index is 0.0238. The van der Waals surface area contributed by atoms with Gasteiger partial charge in [0, 0.05) is 24.7 Å². The van der Waals surface area contributed by atoms with E-state index in [-0.39, 0.29) is 30.4 Å². The summed E-state index contributed by atoms with van der Waals surface area (Å²) in [5.41, 5.74) is 2.82. The van der Waals surface area contributed by atoms with Crippen molar-refractivity contribution in [3.8, 4) is 0 Å². The Bertz CT molecular complexity index is 883. The maximum atomic E-state index is 13.3. The molecule has 2 rings (SSSR count). The zero-order valence-corrected chi connectivity index (χ0v) is 21.5. The first-order valence-corrected chi connectivity index (χ1v) is 12.6. The maximum absolute atomic E-state index is 13.3. The zero-order chi connectivity index (χ0) is 24.9. The summed E-state index contributed by atoms with van der Waals surface area (Å²) in [7, 11) is 0. The van der Waals surface area contributed by atoms with Crippen LogP contribution < -0.4 is 10.6 Å². The number of benzene rings is 2. The highest BCUT2D eigenvalue weighted by Crippen LogP contribution is 2.22. The summed E-state index contributed by atoms with van der Waals surface area (Å²) in [5, 5.41) is 6.13. The van der Waals surface area contributed by atoms with Gasteiger partial charge in [-0.15, -0.1) is 0 Å². The molecule has 2 N–H and O–H groups in total. The van der Waals surface area contributed by atoms with Gasteiger partial charge in [-0.1, -0.05) is 62.4 Å². The topological polar surface area (TPSA) is 64.7 Å². The van der Waals surface area contributed by atoms with Crippen LogP contribution in [0.25, 0.3) is 0 Å². The number of anilines is 1. The fraction of sp³-hybridized carbons (Fsp3) is 0.500. The number of nitrogens with zero attached hydrogens (tertiary/aromatic N) is 2. The molecule has 0 aromatic heterocycles. The van der Waals surface area contributed by atoms with E-state index in [0.717, 1.165) is 49.3 Å². The molecule has 0 bridgehead atoms. The summed E-state index contributed by atoms with van der Waals surface area (Å²) in [6, 6.07) is 17.4. The van der Waals surface area contributed by atoms with Gasteiger partial charge in [-0.3, -0.25) is 4.79 Å². The van der Waals surface area contributed by atoms with Crippen LogP contribution in [-0.2, 0) is 4.79 Å². The van der Waals surface area contributed by atoms with Crippen LogP contribution in [0.15, 0.2) is 54.6 Å². The molecule has 0 spiro atoms. The Balaban J connectivity index is 1.97. The molecular weight excluding hydrogens is 424 g/mol. The van der Waals surface area contributed by atoms with Crippen LogP contribution >= 0.6 is 0 Å². The number of hydrogen-bond donors (Lipinski definition) is 2. The van der Waals surface area contributed by atoms with Gasteiger partial charge in [0.1, 0.15) is 0 Å². The third-order valence-corrected chi connectivity index (χ3v) is 6.39. The number of aryl methyl sites for hydroxylation is 1. The fourth-order valence-corrected chi connectivity index (χ4v) is 4.08. The molecule has 3 amide bonds. The molecule has 0 fully saturated rings. The Morgan fingerprint density at radius 1 is 0.912 bits per heavy atom. The molecule has 2 unspecified atom stereocenters. The van der Waals surface area contributed by atoms with Gasteiger partial charge in [0.15, 0.2) is 0 Å². The summed E-state index contributed by atoms with van der Waals surface area (Å²) in [5.74, 6) is -0.0238. The second kappa shape index (κ2) is 14.4.